The highest BCUT2D eigenvalue weighted by Crippen LogP contribution is 2.71. The number of likely N-dealkylation sites (tertiary alicyclic amines) is 1. The first-order valence-electron chi connectivity index (χ1n) is 14.2. The van der Waals surface area contributed by atoms with E-state index in [1.807, 2.05) is 42.2 Å². The third-order valence-electron chi connectivity index (χ3n) is 8.62. The number of fused-ring (bicyclic) bond motifs is 1. The van der Waals surface area contributed by atoms with Crippen LogP contribution in [0.1, 0.15) is 51.5 Å². The first kappa shape index (κ1) is 29.4. The molecule has 0 aliphatic carbocycles. The smallest absolute Gasteiger partial charge is 0.247 e. The minimum Gasteiger partial charge on any atom is -0.396 e. The van der Waals surface area contributed by atoms with Crippen LogP contribution >= 0.6 is 11.8 Å². The van der Waals surface area contributed by atoms with Crippen LogP contribution in [0.15, 0.2) is 55.6 Å². The molecule has 8 heteroatoms. The molecule has 3 heterocycles. The summed E-state index contributed by atoms with van der Waals surface area (Å²) in [6.07, 6.45) is 6.97. The third-order valence-corrected chi connectivity index (χ3v) is 10.6. The molecule has 1 aromatic rings. The second kappa shape index (κ2) is 12.3. The number of benzene rings is 1. The van der Waals surface area contributed by atoms with E-state index in [9.17, 15) is 19.5 Å². The summed E-state index contributed by atoms with van der Waals surface area (Å²) in [5.74, 6) is -1.19. The second-order valence-corrected chi connectivity index (χ2v) is 13.2. The molecule has 3 aliphatic rings. The first-order chi connectivity index (χ1) is 18.8. The van der Waals surface area contributed by atoms with E-state index in [1.54, 1.807) is 33.7 Å². The van der Waals surface area contributed by atoms with Gasteiger partial charge in [-0.1, -0.05) is 49.4 Å². The first-order valence-corrected chi connectivity index (χ1v) is 15.0. The van der Waals surface area contributed by atoms with Gasteiger partial charge in [0, 0.05) is 44.1 Å². The molecule has 3 saturated heterocycles. The molecule has 4 rings (SSSR count). The summed E-state index contributed by atoms with van der Waals surface area (Å²) in [6.45, 7) is 14.2. The van der Waals surface area contributed by atoms with Gasteiger partial charge in [0.25, 0.3) is 0 Å². The highest BCUT2D eigenvalue weighted by molar-refractivity contribution is 8.02. The highest BCUT2D eigenvalue weighted by Gasteiger charge is 2.77. The molecule has 1 N–H and O–H groups in total. The standard InChI is InChI=1S/C31H43N3O4S/c1-5-17-32(18-6-2)27(36)24-25-28(37)34(20-11-12-21-35)26(31(25)16-15-30(24,4)39-31)29(38)33(19-7-3)22-23-13-9-8-10-14-23/h5,7-10,13-14,24-26,35H,1,3,6,11-12,15-22H2,2,4H3/t24-,25+,26?,30+,31?/m1/s1. The lowest BCUT2D eigenvalue weighted by atomic mass is 9.66. The van der Waals surface area contributed by atoms with E-state index in [0.717, 1.165) is 24.8 Å². The summed E-state index contributed by atoms with van der Waals surface area (Å²) >= 11 is 1.71. The summed E-state index contributed by atoms with van der Waals surface area (Å²) in [5, 5.41) is 9.43. The van der Waals surface area contributed by atoms with Crippen molar-refractivity contribution in [2.75, 3.05) is 32.8 Å². The van der Waals surface area contributed by atoms with Crippen LogP contribution < -0.4 is 0 Å². The van der Waals surface area contributed by atoms with Gasteiger partial charge < -0.3 is 19.8 Å². The lowest BCUT2D eigenvalue weighted by Gasteiger charge is -2.38. The number of carbonyl (C=O) groups excluding carboxylic acids is 3. The molecular weight excluding hydrogens is 510 g/mol. The van der Waals surface area contributed by atoms with Crippen LogP contribution in [0.4, 0.5) is 0 Å². The fraction of sp³-hybridized carbons (Fsp3) is 0.581. The van der Waals surface area contributed by atoms with Crippen LogP contribution in [0.2, 0.25) is 0 Å². The number of unbranched alkanes of at least 4 members (excludes halogenated alkanes) is 1. The molecule has 3 fully saturated rings. The maximum Gasteiger partial charge on any atom is 0.247 e. The number of aliphatic hydroxyl groups is 1. The molecule has 0 radical (unpaired) electrons. The van der Waals surface area contributed by atoms with Crippen LogP contribution in [0.5, 0.6) is 0 Å². The summed E-state index contributed by atoms with van der Waals surface area (Å²) < 4.78 is -1.05. The molecule has 3 aliphatic heterocycles. The fourth-order valence-electron chi connectivity index (χ4n) is 6.99. The van der Waals surface area contributed by atoms with E-state index in [0.29, 0.717) is 45.6 Å². The molecule has 7 nitrogen and oxygen atoms in total. The zero-order valence-corrected chi connectivity index (χ0v) is 24.2. The molecule has 3 amide bonds. The Morgan fingerprint density at radius 1 is 1.10 bits per heavy atom. The number of rotatable bonds is 14. The van der Waals surface area contributed by atoms with Crippen LogP contribution in [-0.2, 0) is 20.9 Å². The van der Waals surface area contributed by atoms with Crippen molar-refractivity contribution in [1.29, 1.82) is 0 Å². The Morgan fingerprint density at radius 3 is 2.44 bits per heavy atom. The summed E-state index contributed by atoms with van der Waals surface area (Å²) in [5.41, 5.74) is 1.01. The van der Waals surface area contributed by atoms with Gasteiger partial charge in [0.15, 0.2) is 0 Å². The van der Waals surface area contributed by atoms with Crippen molar-refractivity contribution in [3.8, 4) is 0 Å². The van der Waals surface area contributed by atoms with E-state index in [2.05, 4.69) is 20.1 Å². The van der Waals surface area contributed by atoms with E-state index in [1.165, 1.54) is 0 Å². The summed E-state index contributed by atoms with van der Waals surface area (Å²) in [4.78, 5) is 48.2. The van der Waals surface area contributed by atoms with Gasteiger partial charge in [-0.25, -0.2) is 0 Å². The van der Waals surface area contributed by atoms with Gasteiger partial charge in [-0.3, -0.25) is 14.4 Å². The van der Waals surface area contributed by atoms with Gasteiger partial charge in [0.1, 0.15) is 6.04 Å². The zero-order valence-electron chi connectivity index (χ0n) is 23.4. The summed E-state index contributed by atoms with van der Waals surface area (Å²) in [7, 11) is 0. The lowest BCUT2D eigenvalue weighted by molar-refractivity contribution is -0.145. The Morgan fingerprint density at radius 2 is 1.79 bits per heavy atom. The number of hydrogen-bond acceptors (Lipinski definition) is 5. The Bertz CT molecular complexity index is 1080. The lowest BCUT2D eigenvalue weighted by Crippen LogP contribution is -2.55. The van der Waals surface area contributed by atoms with Gasteiger partial charge >= 0.3 is 0 Å². The van der Waals surface area contributed by atoms with E-state index < -0.39 is 27.4 Å². The van der Waals surface area contributed by atoms with Gasteiger partial charge in [0.05, 0.1) is 16.6 Å². The summed E-state index contributed by atoms with van der Waals surface area (Å²) in [6, 6.07) is 9.20. The SMILES string of the molecule is C=CCN(Cc1ccccc1)C(=O)C1N(CCCCO)C(=O)[C@@H]2[C@H](C(=O)N(CC=C)CCC)[C@]3(C)CCC12S3. The van der Waals surface area contributed by atoms with Gasteiger partial charge in [-0.05, 0) is 44.6 Å². The minimum atomic E-state index is -0.652. The van der Waals surface area contributed by atoms with Crippen molar-refractivity contribution in [3.63, 3.8) is 0 Å². The van der Waals surface area contributed by atoms with E-state index >= 15 is 0 Å². The van der Waals surface area contributed by atoms with Gasteiger partial charge in [0.2, 0.25) is 17.7 Å². The van der Waals surface area contributed by atoms with Crippen molar-refractivity contribution < 1.29 is 19.5 Å². The number of hydrogen-bond donors (Lipinski definition) is 1. The molecule has 212 valence electrons. The van der Waals surface area contributed by atoms with Crippen molar-refractivity contribution in [3.05, 3.63) is 61.2 Å². The van der Waals surface area contributed by atoms with Crippen LogP contribution in [0.25, 0.3) is 0 Å². The normalized spacial score (nSPS) is 28.8. The molecule has 1 aromatic carbocycles. The van der Waals surface area contributed by atoms with Crippen molar-refractivity contribution in [2.24, 2.45) is 11.8 Å². The van der Waals surface area contributed by atoms with Crippen LogP contribution in [0.3, 0.4) is 0 Å². The van der Waals surface area contributed by atoms with Crippen molar-refractivity contribution in [1.82, 2.24) is 14.7 Å². The topological polar surface area (TPSA) is 81.2 Å². The fourth-order valence-corrected chi connectivity index (χ4v) is 9.34. The van der Waals surface area contributed by atoms with E-state index in [4.69, 9.17) is 0 Å². The zero-order chi connectivity index (χ0) is 28.2. The van der Waals surface area contributed by atoms with E-state index in [-0.39, 0.29) is 24.3 Å². The van der Waals surface area contributed by atoms with Gasteiger partial charge in [-0.2, -0.15) is 0 Å². The van der Waals surface area contributed by atoms with Gasteiger partial charge in [-0.15, -0.1) is 24.9 Å². The highest BCUT2D eigenvalue weighted by atomic mass is 32.2. The Kier molecular flexibility index (Phi) is 9.27. The molecule has 2 unspecified atom stereocenters. The maximum absolute atomic E-state index is 14.5. The van der Waals surface area contributed by atoms with Crippen molar-refractivity contribution >= 4 is 29.5 Å². The molecule has 39 heavy (non-hydrogen) atoms. The number of carbonyl (C=O) groups is 3. The Balaban J connectivity index is 1.74. The molecule has 2 bridgehead atoms. The molecule has 0 saturated carbocycles. The Hall–Kier alpha value is -2.58. The average molecular weight is 554 g/mol. The molecule has 1 spiro atoms. The van der Waals surface area contributed by atoms with Crippen LogP contribution in [-0.4, -0.2) is 85.8 Å². The number of nitrogens with zero attached hydrogens (tertiary/aromatic N) is 3. The number of amides is 3. The number of aliphatic hydroxyl groups excluding tert-OH is 1. The Labute approximate surface area is 237 Å². The predicted molar refractivity (Wildman–Crippen MR) is 156 cm³/mol. The van der Waals surface area contributed by atoms with Crippen LogP contribution in [0, 0.1) is 11.8 Å². The van der Waals surface area contributed by atoms with Crippen molar-refractivity contribution in [2.45, 2.75) is 68.0 Å². The third kappa shape index (κ3) is 5.30. The minimum absolute atomic E-state index is 0.00214. The predicted octanol–water partition coefficient (Wildman–Crippen LogP) is 3.88. The maximum atomic E-state index is 14.5. The number of thioether (sulfide) groups is 1. The molecular formula is C31H43N3O4S. The molecule has 5 atom stereocenters. The second-order valence-electron chi connectivity index (χ2n) is 11.3. The molecule has 0 aromatic heterocycles. The largest absolute Gasteiger partial charge is 0.396 e. The monoisotopic (exact) mass is 553 g/mol. The quantitative estimate of drug-likeness (QED) is 0.279. The average Bonchev–Trinajstić information content (AvgIpc) is 3.49.